The van der Waals surface area contributed by atoms with Crippen molar-refractivity contribution in [3.05, 3.63) is 118 Å². The molecule has 0 spiro atoms. The van der Waals surface area contributed by atoms with Gasteiger partial charge in [0.15, 0.2) is 0 Å². The number of pyridine rings is 2. The van der Waals surface area contributed by atoms with Crippen molar-refractivity contribution in [1.29, 1.82) is 0 Å². The molecule has 0 amide bonds. The van der Waals surface area contributed by atoms with Gasteiger partial charge in [-0.1, -0.05) is 68.3 Å². The fourth-order valence-electron chi connectivity index (χ4n) is 4.27. The minimum atomic E-state index is 0.688. The number of rotatable bonds is 4. The number of nitrogens with zero attached hydrogens (tertiary/aromatic N) is 4. The number of hydrogen-bond donors (Lipinski definition) is 0. The fraction of sp³-hybridized carbons (Fsp3) is 0.0370. The Morgan fingerprint density at radius 3 is 1.39 bits per heavy atom. The van der Waals surface area contributed by atoms with Crippen molar-refractivity contribution < 1.29 is 0 Å². The van der Waals surface area contributed by atoms with Gasteiger partial charge in [-0.2, -0.15) is 0 Å². The van der Waals surface area contributed by atoms with Crippen LogP contribution in [0.3, 0.4) is 0 Å². The maximum atomic E-state index is 5.00. The van der Waals surface area contributed by atoms with E-state index >= 15 is 0 Å². The summed E-state index contributed by atoms with van der Waals surface area (Å²) < 4.78 is 6.47. The first-order valence-corrected chi connectivity index (χ1v) is 12.2. The van der Waals surface area contributed by atoms with Gasteiger partial charge in [0, 0.05) is 38.9 Å². The normalized spacial score (nSPS) is 11.5. The Labute approximate surface area is 207 Å². The van der Waals surface area contributed by atoms with Crippen LogP contribution >= 0.6 is 31.9 Å². The quantitative estimate of drug-likeness (QED) is 0.226. The predicted octanol–water partition coefficient (Wildman–Crippen LogP) is 7.43. The van der Waals surface area contributed by atoms with Gasteiger partial charge >= 0.3 is 0 Å². The summed E-state index contributed by atoms with van der Waals surface area (Å²) >= 11 is 7.09. The van der Waals surface area contributed by atoms with Crippen molar-refractivity contribution in [1.82, 2.24) is 18.8 Å². The van der Waals surface area contributed by atoms with Crippen LogP contribution in [-0.2, 0) is 6.42 Å². The summed E-state index contributed by atoms with van der Waals surface area (Å²) in [7, 11) is 0. The third-order valence-corrected chi connectivity index (χ3v) is 6.89. The third kappa shape index (κ3) is 3.69. The number of benzene rings is 2. The van der Waals surface area contributed by atoms with E-state index in [1.54, 1.807) is 0 Å². The monoisotopic (exact) mass is 556 g/mol. The molecule has 0 N–H and O–H groups in total. The molecule has 6 heteroatoms. The van der Waals surface area contributed by atoms with E-state index in [-0.39, 0.29) is 0 Å². The highest BCUT2D eigenvalue weighted by Gasteiger charge is 2.20. The van der Waals surface area contributed by atoms with Gasteiger partial charge in [0.05, 0.1) is 22.8 Å². The molecule has 0 radical (unpaired) electrons. The van der Waals surface area contributed by atoms with Gasteiger partial charge in [-0.15, -0.1) is 0 Å². The van der Waals surface area contributed by atoms with Crippen LogP contribution in [0, 0.1) is 0 Å². The highest BCUT2D eigenvalue weighted by Crippen LogP contribution is 2.32. The predicted molar refractivity (Wildman–Crippen MR) is 139 cm³/mol. The molecule has 6 aromatic rings. The molecule has 0 aliphatic heterocycles. The number of imidazole rings is 2. The number of aromatic nitrogens is 4. The van der Waals surface area contributed by atoms with Crippen molar-refractivity contribution in [3.63, 3.8) is 0 Å². The van der Waals surface area contributed by atoms with Crippen LogP contribution in [0.2, 0.25) is 0 Å². The van der Waals surface area contributed by atoms with Crippen LogP contribution in [-0.4, -0.2) is 18.8 Å². The Morgan fingerprint density at radius 2 is 0.970 bits per heavy atom. The molecule has 2 aromatic carbocycles. The molecule has 4 heterocycles. The molecule has 160 valence electrons. The fourth-order valence-corrected chi connectivity index (χ4v) is 4.80. The van der Waals surface area contributed by atoms with Crippen molar-refractivity contribution in [2.75, 3.05) is 0 Å². The SMILES string of the molecule is Brc1ccc(-c2nc3ccccn3c2Cc2c(-c3ccc(Br)cc3)nc3ccccn23)cc1. The first-order chi connectivity index (χ1) is 16.2. The van der Waals surface area contributed by atoms with E-state index in [2.05, 4.69) is 114 Å². The standard InChI is InChI=1S/C27H18Br2N4/c28-20-11-7-18(8-12-20)26-22(32-15-3-1-5-24(32)30-26)17-23-27(19-9-13-21(29)14-10-19)31-25-6-2-4-16-33(23)25/h1-16H,17H2. The topological polar surface area (TPSA) is 34.6 Å². The zero-order valence-corrected chi connectivity index (χ0v) is 20.7. The van der Waals surface area contributed by atoms with Crippen molar-refractivity contribution >= 4 is 43.2 Å². The van der Waals surface area contributed by atoms with Gasteiger partial charge in [-0.25, -0.2) is 9.97 Å². The van der Waals surface area contributed by atoms with Crippen LogP contribution in [0.5, 0.6) is 0 Å². The van der Waals surface area contributed by atoms with E-state index in [9.17, 15) is 0 Å². The Bertz CT molecular complexity index is 1470. The van der Waals surface area contributed by atoms with Gasteiger partial charge in [-0.3, -0.25) is 0 Å². The molecule has 4 nitrogen and oxygen atoms in total. The Hall–Kier alpha value is -3.22. The maximum absolute atomic E-state index is 5.00. The average molecular weight is 558 g/mol. The minimum absolute atomic E-state index is 0.688. The summed E-state index contributed by atoms with van der Waals surface area (Å²) in [5.74, 6) is 0. The zero-order valence-electron chi connectivity index (χ0n) is 17.5. The van der Waals surface area contributed by atoms with E-state index in [0.717, 1.165) is 54.1 Å². The lowest BCUT2D eigenvalue weighted by atomic mass is 10.0. The lowest BCUT2D eigenvalue weighted by molar-refractivity contribution is 0.964. The average Bonchev–Trinajstić information content (AvgIpc) is 3.39. The second kappa shape index (κ2) is 8.28. The summed E-state index contributed by atoms with van der Waals surface area (Å²) in [4.78, 5) is 10.00. The van der Waals surface area contributed by atoms with Gasteiger partial charge in [-0.05, 0) is 48.5 Å². The highest BCUT2D eigenvalue weighted by atomic mass is 79.9. The maximum Gasteiger partial charge on any atom is 0.137 e. The van der Waals surface area contributed by atoms with E-state index < -0.39 is 0 Å². The Balaban J connectivity index is 1.58. The molecule has 0 saturated heterocycles. The van der Waals surface area contributed by atoms with Crippen LogP contribution in [0.4, 0.5) is 0 Å². The molecule has 0 bridgehead atoms. The van der Waals surface area contributed by atoms with Gasteiger partial charge in [0.2, 0.25) is 0 Å². The van der Waals surface area contributed by atoms with Crippen molar-refractivity contribution in [3.8, 4) is 22.5 Å². The van der Waals surface area contributed by atoms with Gasteiger partial charge in [0.25, 0.3) is 0 Å². The minimum Gasteiger partial charge on any atom is -0.303 e. The molecule has 0 aliphatic rings. The number of halogens is 2. The van der Waals surface area contributed by atoms with Crippen LogP contribution in [0.25, 0.3) is 33.8 Å². The van der Waals surface area contributed by atoms with E-state index in [4.69, 9.17) is 9.97 Å². The lowest BCUT2D eigenvalue weighted by Gasteiger charge is -2.09. The number of hydrogen-bond acceptors (Lipinski definition) is 2. The van der Waals surface area contributed by atoms with Crippen LogP contribution < -0.4 is 0 Å². The second-order valence-electron chi connectivity index (χ2n) is 7.86. The van der Waals surface area contributed by atoms with Crippen LogP contribution in [0.1, 0.15) is 11.4 Å². The largest absolute Gasteiger partial charge is 0.303 e. The number of fused-ring (bicyclic) bond motifs is 2. The molecular weight excluding hydrogens is 540 g/mol. The van der Waals surface area contributed by atoms with Gasteiger partial charge < -0.3 is 8.80 Å². The highest BCUT2D eigenvalue weighted by molar-refractivity contribution is 9.10. The van der Waals surface area contributed by atoms with Crippen molar-refractivity contribution in [2.45, 2.75) is 6.42 Å². The molecule has 0 saturated carbocycles. The molecule has 6 rings (SSSR count). The summed E-state index contributed by atoms with van der Waals surface area (Å²) in [6.07, 6.45) is 4.86. The van der Waals surface area contributed by atoms with E-state index in [0.29, 0.717) is 6.42 Å². The second-order valence-corrected chi connectivity index (χ2v) is 9.69. The molecule has 33 heavy (non-hydrogen) atoms. The summed E-state index contributed by atoms with van der Waals surface area (Å²) in [5, 5.41) is 0. The summed E-state index contributed by atoms with van der Waals surface area (Å²) in [6.45, 7) is 0. The zero-order chi connectivity index (χ0) is 22.4. The molecule has 0 atom stereocenters. The molecular formula is C27H18Br2N4. The van der Waals surface area contributed by atoms with Crippen LogP contribution in [0.15, 0.2) is 106 Å². The van der Waals surface area contributed by atoms with Gasteiger partial charge in [0.1, 0.15) is 11.3 Å². The lowest BCUT2D eigenvalue weighted by Crippen LogP contribution is -2.01. The summed E-state index contributed by atoms with van der Waals surface area (Å²) in [5.41, 5.74) is 8.30. The summed E-state index contributed by atoms with van der Waals surface area (Å²) in [6, 6.07) is 28.9. The molecule has 4 aromatic heterocycles. The first-order valence-electron chi connectivity index (χ1n) is 10.6. The molecule has 0 aliphatic carbocycles. The van der Waals surface area contributed by atoms with E-state index in [1.165, 1.54) is 0 Å². The van der Waals surface area contributed by atoms with E-state index in [1.807, 2.05) is 24.3 Å². The molecule has 0 fully saturated rings. The van der Waals surface area contributed by atoms with Crippen molar-refractivity contribution in [2.24, 2.45) is 0 Å². The third-order valence-electron chi connectivity index (χ3n) is 5.83. The Morgan fingerprint density at radius 1 is 0.545 bits per heavy atom. The Kier molecular flexibility index (Phi) is 5.12. The molecule has 0 unspecified atom stereocenters. The smallest absolute Gasteiger partial charge is 0.137 e. The first kappa shape index (κ1) is 20.4.